The van der Waals surface area contributed by atoms with Gasteiger partial charge in [0.1, 0.15) is 11.5 Å². The van der Waals surface area contributed by atoms with E-state index >= 15 is 0 Å². The number of alkyl halides is 6. The summed E-state index contributed by atoms with van der Waals surface area (Å²) < 4.78 is 84.9. The molecule has 1 fully saturated rings. The highest BCUT2D eigenvalue weighted by molar-refractivity contribution is 5.85. The maximum Gasteiger partial charge on any atom is 0.573 e. The van der Waals surface area contributed by atoms with Crippen LogP contribution in [0.1, 0.15) is 18.0 Å². The lowest BCUT2D eigenvalue weighted by Gasteiger charge is -2.36. The van der Waals surface area contributed by atoms with Gasteiger partial charge < -0.3 is 14.8 Å². The van der Waals surface area contributed by atoms with Gasteiger partial charge in [-0.1, -0.05) is 6.07 Å². The van der Waals surface area contributed by atoms with Gasteiger partial charge in [-0.05, 0) is 6.07 Å². The Bertz CT molecular complexity index is 580. The largest absolute Gasteiger partial charge is 0.573 e. The highest BCUT2D eigenvalue weighted by Crippen LogP contribution is 2.40. The Morgan fingerprint density at radius 2 is 1.67 bits per heavy atom. The number of benzene rings is 1. The third-order valence-corrected chi connectivity index (χ3v) is 3.81. The smallest absolute Gasteiger partial charge is 0.496 e. The number of rotatable bonds is 5. The maximum atomic E-state index is 13.0. The lowest BCUT2D eigenvalue weighted by molar-refractivity contribution is -0.274. The topological polar surface area (TPSA) is 33.7 Å². The highest BCUT2D eigenvalue weighted by Gasteiger charge is 2.37. The van der Waals surface area contributed by atoms with Gasteiger partial charge in [-0.2, -0.15) is 13.2 Å². The second-order valence-electron chi connectivity index (χ2n) is 5.57. The van der Waals surface area contributed by atoms with E-state index in [2.05, 4.69) is 10.1 Å². The Labute approximate surface area is 165 Å². The second-order valence-corrected chi connectivity index (χ2v) is 5.57. The molecule has 27 heavy (non-hydrogen) atoms. The number of piperazine rings is 1. The molecule has 1 aliphatic heterocycles. The Balaban J connectivity index is 0.00000338. The van der Waals surface area contributed by atoms with Gasteiger partial charge in [-0.15, -0.1) is 38.0 Å². The molecule has 1 aromatic carbocycles. The number of halogens is 8. The number of nitrogens with zero attached hydrogens (tertiary/aromatic N) is 1. The number of nitrogens with one attached hydrogen (secondary N) is 1. The van der Waals surface area contributed by atoms with Gasteiger partial charge in [0.25, 0.3) is 0 Å². The summed E-state index contributed by atoms with van der Waals surface area (Å²) in [6, 6.07) is 2.10. The standard InChI is InChI=1S/C15H18F6N2O2.2ClH/c1-24-13-8-10(25-15(19,20)21)2-3-11(13)12(9-14(16,17)18)23-6-4-22-5-7-23;;/h2-3,8,12,22H,4-7,9H2,1H3;2*1H/t12-;;/m1../s1. The highest BCUT2D eigenvalue weighted by atomic mass is 35.5. The first kappa shape index (κ1) is 25.9. The molecule has 12 heteroatoms. The molecule has 0 aromatic heterocycles. The van der Waals surface area contributed by atoms with E-state index in [1.165, 1.54) is 13.2 Å². The van der Waals surface area contributed by atoms with E-state index in [-0.39, 0.29) is 36.1 Å². The Kier molecular flexibility index (Phi) is 10.0. The fourth-order valence-electron chi connectivity index (χ4n) is 2.81. The van der Waals surface area contributed by atoms with Crippen LogP contribution >= 0.6 is 24.8 Å². The summed E-state index contributed by atoms with van der Waals surface area (Å²) in [5.74, 6) is -0.617. The van der Waals surface area contributed by atoms with E-state index in [0.29, 0.717) is 26.2 Å². The summed E-state index contributed by atoms with van der Waals surface area (Å²) >= 11 is 0. The molecular formula is C15H20Cl2F6N2O2. The van der Waals surface area contributed by atoms with Crippen LogP contribution in [-0.2, 0) is 0 Å². The van der Waals surface area contributed by atoms with E-state index in [9.17, 15) is 26.3 Å². The van der Waals surface area contributed by atoms with Gasteiger partial charge >= 0.3 is 12.5 Å². The molecule has 0 radical (unpaired) electrons. The molecule has 1 aromatic rings. The van der Waals surface area contributed by atoms with E-state index in [1.807, 2.05) is 0 Å². The first-order valence-electron chi connectivity index (χ1n) is 7.54. The summed E-state index contributed by atoms with van der Waals surface area (Å²) in [4.78, 5) is 1.64. The molecule has 1 N–H and O–H groups in total. The number of hydrogen-bond donors (Lipinski definition) is 1. The summed E-state index contributed by atoms with van der Waals surface area (Å²) in [7, 11) is 1.19. The molecule has 0 unspecified atom stereocenters. The van der Waals surface area contributed by atoms with Crippen molar-refractivity contribution >= 4 is 24.8 Å². The SMILES string of the molecule is COc1cc(OC(F)(F)F)ccc1[C@@H](CC(F)(F)F)N1CCNCC1.Cl.Cl. The molecule has 0 amide bonds. The van der Waals surface area contributed by atoms with Crippen LogP contribution in [0, 0.1) is 0 Å². The predicted octanol–water partition coefficient (Wildman–Crippen LogP) is 4.34. The van der Waals surface area contributed by atoms with E-state index < -0.39 is 30.8 Å². The minimum Gasteiger partial charge on any atom is -0.496 e. The lowest BCUT2D eigenvalue weighted by Crippen LogP contribution is -2.46. The van der Waals surface area contributed by atoms with Crippen LogP contribution in [0.15, 0.2) is 18.2 Å². The molecule has 1 heterocycles. The van der Waals surface area contributed by atoms with Gasteiger partial charge in [0, 0.05) is 43.9 Å². The minimum absolute atomic E-state index is 0. The predicted molar refractivity (Wildman–Crippen MR) is 92.0 cm³/mol. The molecule has 0 aliphatic carbocycles. The Hall–Kier alpha value is -1.10. The molecule has 4 nitrogen and oxygen atoms in total. The third kappa shape index (κ3) is 8.20. The summed E-state index contributed by atoms with van der Waals surface area (Å²) in [5, 5.41) is 3.05. The van der Waals surface area contributed by atoms with E-state index in [0.717, 1.165) is 12.1 Å². The molecule has 1 saturated heterocycles. The van der Waals surface area contributed by atoms with Gasteiger partial charge in [0.05, 0.1) is 13.5 Å². The fourth-order valence-corrected chi connectivity index (χ4v) is 2.81. The number of methoxy groups -OCH3 is 1. The number of hydrogen-bond acceptors (Lipinski definition) is 4. The normalized spacial score (nSPS) is 16.7. The van der Waals surface area contributed by atoms with Crippen LogP contribution in [0.2, 0.25) is 0 Å². The average molecular weight is 445 g/mol. The Morgan fingerprint density at radius 3 is 2.15 bits per heavy atom. The van der Waals surface area contributed by atoms with Crippen LogP contribution < -0.4 is 14.8 Å². The average Bonchev–Trinajstić information content (AvgIpc) is 2.51. The zero-order chi connectivity index (χ0) is 18.7. The fraction of sp³-hybridized carbons (Fsp3) is 0.600. The van der Waals surface area contributed by atoms with Crippen LogP contribution in [0.3, 0.4) is 0 Å². The van der Waals surface area contributed by atoms with Crippen molar-refractivity contribution < 1.29 is 35.8 Å². The van der Waals surface area contributed by atoms with Crippen molar-refractivity contribution in [2.24, 2.45) is 0 Å². The first-order chi connectivity index (χ1) is 11.6. The van der Waals surface area contributed by atoms with Crippen molar-refractivity contribution in [3.63, 3.8) is 0 Å². The molecule has 158 valence electrons. The van der Waals surface area contributed by atoms with Crippen LogP contribution in [-0.4, -0.2) is 50.7 Å². The quantitative estimate of drug-likeness (QED) is 0.685. The van der Waals surface area contributed by atoms with E-state index in [4.69, 9.17) is 4.74 Å². The summed E-state index contributed by atoms with van der Waals surface area (Å²) in [6.07, 6.45) is -10.4. The van der Waals surface area contributed by atoms with Gasteiger partial charge in [0.15, 0.2) is 0 Å². The summed E-state index contributed by atoms with van der Waals surface area (Å²) in [6.45, 7) is 1.85. The molecule has 1 aliphatic rings. The second kappa shape index (κ2) is 10.4. The first-order valence-corrected chi connectivity index (χ1v) is 7.54. The molecule has 2 rings (SSSR count). The molecule has 0 saturated carbocycles. The maximum absolute atomic E-state index is 13.0. The minimum atomic E-state index is -4.89. The van der Waals surface area contributed by atoms with Crippen molar-refractivity contribution in [1.29, 1.82) is 0 Å². The van der Waals surface area contributed by atoms with Gasteiger partial charge in [-0.3, -0.25) is 4.90 Å². The monoisotopic (exact) mass is 444 g/mol. The third-order valence-electron chi connectivity index (χ3n) is 3.81. The Morgan fingerprint density at radius 1 is 1.07 bits per heavy atom. The van der Waals surface area contributed by atoms with Crippen LogP contribution in [0.4, 0.5) is 26.3 Å². The zero-order valence-electron chi connectivity index (χ0n) is 14.2. The van der Waals surface area contributed by atoms with Gasteiger partial charge in [-0.25, -0.2) is 0 Å². The van der Waals surface area contributed by atoms with Gasteiger partial charge in [0.2, 0.25) is 0 Å². The van der Waals surface area contributed by atoms with Crippen LogP contribution in [0.5, 0.6) is 11.5 Å². The van der Waals surface area contributed by atoms with Crippen molar-refractivity contribution in [1.82, 2.24) is 10.2 Å². The molecule has 0 bridgehead atoms. The molecule has 1 atom stereocenters. The van der Waals surface area contributed by atoms with Crippen LogP contribution in [0.25, 0.3) is 0 Å². The van der Waals surface area contributed by atoms with Crippen molar-refractivity contribution in [3.8, 4) is 11.5 Å². The number of ether oxygens (including phenoxy) is 2. The van der Waals surface area contributed by atoms with E-state index in [1.54, 1.807) is 4.90 Å². The van der Waals surface area contributed by atoms with Crippen molar-refractivity contribution in [3.05, 3.63) is 23.8 Å². The molecular weight excluding hydrogens is 425 g/mol. The lowest BCUT2D eigenvalue weighted by atomic mass is 9.99. The zero-order valence-corrected chi connectivity index (χ0v) is 15.8. The molecule has 0 spiro atoms. The summed E-state index contributed by atoms with van der Waals surface area (Å²) in [5.41, 5.74) is 0.177. The van der Waals surface area contributed by atoms with Crippen molar-refractivity contribution in [2.45, 2.75) is 25.0 Å². The van der Waals surface area contributed by atoms with Crippen molar-refractivity contribution in [2.75, 3.05) is 33.3 Å².